The van der Waals surface area contributed by atoms with Crippen molar-refractivity contribution in [3.63, 3.8) is 0 Å². The van der Waals surface area contributed by atoms with Gasteiger partial charge in [-0.05, 0) is 95.6 Å². The van der Waals surface area contributed by atoms with E-state index in [2.05, 4.69) is 49.3 Å². The van der Waals surface area contributed by atoms with Crippen LogP contribution >= 0.6 is 0 Å². The summed E-state index contributed by atoms with van der Waals surface area (Å²) < 4.78 is 119. The van der Waals surface area contributed by atoms with Crippen LogP contribution in [-0.2, 0) is 43.0 Å². The molecule has 66 heavy (non-hydrogen) atoms. The molecule has 0 spiro atoms. The van der Waals surface area contributed by atoms with Crippen molar-refractivity contribution in [3.8, 4) is 0 Å². The highest BCUT2D eigenvalue weighted by Gasteiger charge is 2.51. The fraction of sp³-hybridized carbons (Fsp3) is 0.314. The molecule has 15 heteroatoms. The first-order valence-corrected chi connectivity index (χ1v) is 25.8. The molecule has 2 atom stereocenters. The summed E-state index contributed by atoms with van der Waals surface area (Å²) in [6.45, 7) is 9.25. The highest BCUT2D eigenvalue weighted by atomic mass is 32.2. The zero-order valence-corrected chi connectivity index (χ0v) is 39.8. The minimum absolute atomic E-state index is 0.00643. The lowest BCUT2D eigenvalue weighted by Crippen LogP contribution is -2.37. The summed E-state index contributed by atoms with van der Waals surface area (Å²) in [5.74, 6) is 0.0129. The summed E-state index contributed by atoms with van der Waals surface area (Å²) >= 11 is -4.40. The minimum Gasteiger partial charge on any atom is -0.772 e. The van der Waals surface area contributed by atoms with Gasteiger partial charge in [0.15, 0.2) is 5.71 Å². The molecule has 8 rings (SSSR count). The summed E-state index contributed by atoms with van der Waals surface area (Å²) in [4.78, 5) is 2.14. The first-order chi connectivity index (χ1) is 31.3. The van der Waals surface area contributed by atoms with Crippen LogP contribution in [-0.4, -0.2) is 77.7 Å². The first kappa shape index (κ1) is 47.3. The number of rotatable bonds is 15. The highest BCUT2D eigenvalue weighted by molar-refractivity contribution is 7.90. The quantitative estimate of drug-likeness (QED) is 0.0581. The Labute approximate surface area is 389 Å². The maximum Gasteiger partial charge on any atom is 0.516 e. The van der Waals surface area contributed by atoms with Crippen molar-refractivity contribution < 1.29 is 43.7 Å². The second-order valence-corrected chi connectivity index (χ2v) is 21.9. The van der Waals surface area contributed by atoms with Gasteiger partial charge in [0, 0.05) is 77.2 Å². The van der Waals surface area contributed by atoms with Crippen molar-refractivity contribution in [3.05, 3.63) is 155 Å². The van der Waals surface area contributed by atoms with E-state index in [1.54, 1.807) is 36.4 Å². The minimum atomic E-state index is -5.91. The second-order valence-electron chi connectivity index (χ2n) is 17.9. The van der Waals surface area contributed by atoms with Crippen LogP contribution in [0.2, 0.25) is 0 Å². The molecule has 2 heterocycles. The molecule has 0 saturated heterocycles. The van der Waals surface area contributed by atoms with Crippen molar-refractivity contribution >= 4 is 82.0 Å². The Morgan fingerprint density at radius 3 is 1.92 bits per heavy atom. The topological polar surface area (TPSA) is 124 Å². The SMILES string of the molecule is CN(C1=C(/C=C/C2=[N+](CCCCS(=O)[O-])c3ccc4ccccc4c3C2(C)C)c2ccccc2/C1=C\C=C1\N(CCCCS(=O)[O-])c2ccc3ccccc3c2C1(C)C)S(=O)(=O)C(F)(F)F. The lowest BCUT2D eigenvalue weighted by molar-refractivity contribution is -0.438. The Balaban J connectivity index is 1.32. The van der Waals surface area contributed by atoms with Gasteiger partial charge in [0.2, 0.25) is 5.69 Å². The van der Waals surface area contributed by atoms with Crippen LogP contribution in [0.25, 0.3) is 32.7 Å². The van der Waals surface area contributed by atoms with E-state index in [1.165, 1.54) is 0 Å². The average molecular weight is 955 g/mol. The lowest BCUT2D eigenvalue weighted by Gasteiger charge is -2.28. The molecule has 346 valence electrons. The zero-order chi connectivity index (χ0) is 47.3. The van der Waals surface area contributed by atoms with Gasteiger partial charge in [0.1, 0.15) is 6.54 Å². The van der Waals surface area contributed by atoms with E-state index in [1.807, 2.05) is 72.8 Å². The van der Waals surface area contributed by atoms with Crippen molar-refractivity contribution in [1.82, 2.24) is 4.31 Å². The van der Waals surface area contributed by atoms with Crippen molar-refractivity contribution in [2.45, 2.75) is 69.7 Å². The number of hydrogen-bond acceptors (Lipinski definition) is 7. The van der Waals surface area contributed by atoms with Crippen molar-refractivity contribution in [2.75, 3.05) is 36.5 Å². The average Bonchev–Trinajstić information content (AvgIpc) is 3.79. The maximum absolute atomic E-state index is 14.6. The molecule has 5 aromatic carbocycles. The van der Waals surface area contributed by atoms with Gasteiger partial charge in [0.25, 0.3) is 0 Å². The van der Waals surface area contributed by atoms with Gasteiger partial charge < -0.3 is 14.0 Å². The summed E-state index contributed by atoms with van der Waals surface area (Å²) in [5.41, 5.74) is 0.215. The molecule has 2 unspecified atom stereocenters. The Kier molecular flexibility index (Phi) is 13.0. The smallest absolute Gasteiger partial charge is 0.516 e. The molecule has 9 nitrogen and oxygen atoms in total. The fourth-order valence-corrected chi connectivity index (χ4v) is 11.8. The Morgan fingerprint density at radius 1 is 0.712 bits per heavy atom. The number of unbranched alkanes of at least 4 members (excludes halogenated alkanes) is 2. The largest absolute Gasteiger partial charge is 0.772 e. The Morgan fingerprint density at radius 2 is 1.29 bits per heavy atom. The van der Waals surface area contributed by atoms with Gasteiger partial charge in [-0.2, -0.15) is 26.2 Å². The molecule has 0 saturated carbocycles. The Bertz CT molecular complexity index is 3100. The number of nitrogens with zero attached hydrogens (tertiary/aromatic N) is 3. The molecule has 3 aliphatic rings. The van der Waals surface area contributed by atoms with E-state index >= 15 is 0 Å². The summed E-state index contributed by atoms with van der Waals surface area (Å²) in [7, 11) is -4.98. The van der Waals surface area contributed by atoms with Crippen LogP contribution in [0.15, 0.2) is 133 Å². The molecule has 2 aliphatic heterocycles. The number of alkyl halides is 3. The van der Waals surface area contributed by atoms with E-state index in [0.717, 1.165) is 62.5 Å². The molecule has 5 aromatic rings. The van der Waals surface area contributed by atoms with Gasteiger partial charge >= 0.3 is 15.5 Å². The predicted molar refractivity (Wildman–Crippen MR) is 258 cm³/mol. The molecule has 0 aromatic heterocycles. The van der Waals surface area contributed by atoms with Crippen molar-refractivity contribution in [1.29, 1.82) is 0 Å². The first-order valence-electron chi connectivity index (χ1n) is 21.9. The fourth-order valence-electron chi connectivity index (χ4n) is 10.2. The number of hydrogen-bond donors (Lipinski definition) is 0. The van der Waals surface area contributed by atoms with E-state index in [4.69, 9.17) is 0 Å². The predicted octanol–water partition coefficient (Wildman–Crippen LogP) is 10.5. The number of allylic oxidation sites excluding steroid dienone is 7. The third kappa shape index (κ3) is 8.42. The molecule has 1 aliphatic carbocycles. The van der Waals surface area contributed by atoms with E-state index < -0.39 is 48.5 Å². The van der Waals surface area contributed by atoms with Crippen LogP contribution in [0, 0.1) is 0 Å². The summed E-state index contributed by atoms with van der Waals surface area (Å²) in [5, 5.41) is 4.14. The number of likely N-dealkylation sites (N-methyl/N-ethyl adjacent to an activating group) is 1. The van der Waals surface area contributed by atoms with Gasteiger partial charge in [-0.25, -0.2) is 0 Å². The van der Waals surface area contributed by atoms with E-state index in [-0.39, 0.29) is 28.3 Å². The van der Waals surface area contributed by atoms with Crippen LogP contribution in [0.1, 0.15) is 75.6 Å². The third-order valence-corrected chi connectivity index (χ3v) is 15.9. The maximum atomic E-state index is 14.6. The molecule has 0 fully saturated rings. The monoisotopic (exact) mass is 954 g/mol. The number of anilines is 1. The number of sulfonamides is 1. The number of fused-ring (bicyclic) bond motifs is 7. The number of benzene rings is 5. The zero-order valence-electron chi connectivity index (χ0n) is 37.4. The van der Waals surface area contributed by atoms with E-state index in [0.29, 0.717) is 54.2 Å². The third-order valence-electron chi connectivity index (χ3n) is 13.2. The van der Waals surface area contributed by atoms with E-state index in [9.17, 15) is 39.1 Å². The summed E-state index contributed by atoms with van der Waals surface area (Å²) in [6.07, 6.45) is 9.09. The Hall–Kier alpha value is -5.19. The van der Waals surface area contributed by atoms with Gasteiger partial charge in [-0.3, -0.25) is 12.7 Å². The van der Waals surface area contributed by atoms with Crippen LogP contribution in [0.5, 0.6) is 0 Å². The van der Waals surface area contributed by atoms with Crippen LogP contribution < -0.4 is 4.90 Å². The van der Waals surface area contributed by atoms with Gasteiger partial charge in [-0.15, -0.1) is 0 Å². The van der Waals surface area contributed by atoms with Gasteiger partial charge in [-0.1, -0.05) is 121 Å². The molecule has 0 amide bonds. The molecule has 0 radical (unpaired) electrons. The molecular formula is C51H51F3N3O6S3-. The van der Waals surface area contributed by atoms with Gasteiger partial charge in [0.05, 0.1) is 11.1 Å². The second kappa shape index (κ2) is 18.1. The molecular weight excluding hydrogens is 904 g/mol. The molecule has 0 N–H and O–H groups in total. The summed E-state index contributed by atoms with van der Waals surface area (Å²) in [6, 6.07) is 31.3. The lowest BCUT2D eigenvalue weighted by atomic mass is 9.79. The standard InChI is InChI=1S/C51H52F3N3O6S3/c1-49(2)44(56(30-12-14-32-64(58)59)42-26-22-34-16-6-8-18-36(34)46(42)49)28-24-40-38-20-10-11-21-39(38)41(48(40)55(5)66(62,63)51(52,53)54)25-29-45-50(3,4)47-37-19-9-7-17-35(37)23-27-43(47)57(45)31-13-15-33-65(60)61/h6-11,16-29H,12-15,30-33H2,1-5H3,(H-,58,59,60,61)/p-1. The normalized spacial score (nSPS) is 18.8. The number of halogens is 3. The molecule has 0 bridgehead atoms. The highest BCUT2D eigenvalue weighted by Crippen LogP contribution is 2.52. The van der Waals surface area contributed by atoms with Crippen molar-refractivity contribution in [2.24, 2.45) is 0 Å². The van der Waals surface area contributed by atoms with Crippen LogP contribution in [0.4, 0.5) is 24.5 Å². The van der Waals surface area contributed by atoms with Crippen LogP contribution in [0.3, 0.4) is 0 Å².